The molecule has 3 N–H and O–H groups in total. The van der Waals surface area contributed by atoms with Gasteiger partial charge in [0.1, 0.15) is 6.33 Å². The van der Waals surface area contributed by atoms with Gasteiger partial charge in [-0.2, -0.15) is 0 Å². The number of non-ortho nitro benzene ring substituents is 1. The third kappa shape index (κ3) is 4.87. The molecule has 0 radical (unpaired) electrons. The van der Waals surface area contributed by atoms with E-state index in [1.807, 2.05) is 26.0 Å². The summed E-state index contributed by atoms with van der Waals surface area (Å²) in [7, 11) is 0. The van der Waals surface area contributed by atoms with Crippen LogP contribution in [-0.4, -0.2) is 25.7 Å². The van der Waals surface area contributed by atoms with Gasteiger partial charge in [0.15, 0.2) is 0 Å². The minimum Gasteiger partial charge on any atom is -0.334 e. The maximum atomic E-state index is 12.3. The molecule has 158 valence electrons. The van der Waals surface area contributed by atoms with Crippen molar-refractivity contribution in [2.24, 2.45) is 0 Å². The Kier molecular flexibility index (Phi) is 6.00. The summed E-state index contributed by atoms with van der Waals surface area (Å²) in [6.07, 6.45) is 1.11. The van der Waals surface area contributed by atoms with Crippen molar-refractivity contribution in [2.45, 2.75) is 13.8 Å². The summed E-state index contributed by atoms with van der Waals surface area (Å²) in [6, 6.07) is 10.4. The molecule has 3 rings (SSSR count). The molecule has 0 aliphatic rings. The Morgan fingerprint density at radius 1 is 0.935 bits per heavy atom. The number of carbonyl (C=O) groups excluding carboxylic acids is 1. The van der Waals surface area contributed by atoms with E-state index < -0.39 is 21.4 Å². The topological polar surface area (TPSA) is 165 Å². The van der Waals surface area contributed by atoms with Crippen molar-refractivity contribution in [3.05, 3.63) is 85.7 Å². The van der Waals surface area contributed by atoms with E-state index in [0.717, 1.165) is 17.5 Å². The van der Waals surface area contributed by atoms with Gasteiger partial charge in [0.05, 0.1) is 9.85 Å². The number of nitro benzene ring substituents is 1. The molecule has 31 heavy (non-hydrogen) atoms. The number of rotatable bonds is 7. The van der Waals surface area contributed by atoms with E-state index in [1.54, 1.807) is 6.07 Å². The normalized spacial score (nSPS) is 10.3. The number of amides is 1. The van der Waals surface area contributed by atoms with Crippen LogP contribution < -0.4 is 16.2 Å². The average Bonchev–Trinajstić information content (AvgIpc) is 2.74. The van der Waals surface area contributed by atoms with Gasteiger partial charge in [-0.1, -0.05) is 17.7 Å². The Labute approximate surface area is 175 Å². The first-order valence-corrected chi connectivity index (χ1v) is 8.90. The summed E-state index contributed by atoms with van der Waals surface area (Å²) < 4.78 is 0. The average molecular weight is 423 g/mol. The van der Waals surface area contributed by atoms with E-state index in [1.165, 1.54) is 24.3 Å². The Morgan fingerprint density at radius 3 is 2.23 bits per heavy atom. The Bertz CT molecular complexity index is 1160. The number of nitrogens with one attached hydrogen (secondary N) is 3. The summed E-state index contributed by atoms with van der Waals surface area (Å²) in [4.78, 5) is 41.1. The first-order valence-electron chi connectivity index (χ1n) is 8.90. The van der Waals surface area contributed by atoms with Crippen LogP contribution in [0, 0.1) is 34.1 Å². The molecule has 1 heterocycles. The van der Waals surface area contributed by atoms with Crippen molar-refractivity contribution >= 4 is 34.6 Å². The number of hydrazine groups is 1. The summed E-state index contributed by atoms with van der Waals surface area (Å²) >= 11 is 0. The van der Waals surface area contributed by atoms with Gasteiger partial charge >= 0.3 is 5.69 Å². The molecule has 3 aromatic rings. The van der Waals surface area contributed by atoms with Gasteiger partial charge in [0.2, 0.25) is 11.6 Å². The number of benzene rings is 2. The van der Waals surface area contributed by atoms with Crippen LogP contribution in [0.1, 0.15) is 21.5 Å². The molecule has 0 spiro atoms. The maximum absolute atomic E-state index is 12.3. The fourth-order valence-corrected chi connectivity index (χ4v) is 2.74. The molecule has 0 bridgehead atoms. The maximum Gasteiger partial charge on any atom is 0.355 e. The zero-order valence-electron chi connectivity index (χ0n) is 16.4. The van der Waals surface area contributed by atoms with E-state index in [4.69, 9.17) is 0 Å². The molecule has 2 aromatic carbocycles. The second kappa shape index (κ2) is 8.82. The number of hydrogen-bond donors (Lipinski definition) is 3. The number of aromatic nitrogens is 2. The van der Waals surface area contributed by atoms with Gasteiger partial charge in [-0.25, -0.2) is 9.97 Å². The summed E-state index contributed by atoms with van der Waals surface area (Å²) in [5, 5.41) is 25.3. The number of anilines is 3. The summed E-state index contributed by atoms with van der Waals surface area (Å²) in [6.45, 7) is 3.78. The fraction of sp³-hybridized carbons (Fsp3) is 0.105. The van der Waals surface area contributed by atoms with Crippen LogP contribution in [0.25, 0.3) is 0 Å². The van der Waals surface area contributed by atoms with Gasteiger partial charge in [-0.05, 0) is 37.6 Å². The van der Waals surface area contributed by atoms with Gasteiger partial charge in [0, 0.05) is 23.4 Å². The Hall–Kier alpha value is -4.61. The largest absolute Gasteiger partial charge is 0.355 e. The lowest BCUT2D eigenvalue weighted by molar-refractivity contribution is -0.384. The Balaban J connectivity index is 1.81. The molecule has 0 fully saturated rings. The van der Waals surface area contributed by atoms with Crippen LogP contribution in [0.2, 0.25) is 0 Å². The molecular formula is C19H17N7O5. The van der Waals surface area contributed by atoms with Crippen LogP contribution in [0.4, 0.5) is 28.7 Å². The number of nitrogens with zero attached hydrogens (tertiary/aromatic N) is 4. The number of hydrogen-bond acceptors (Lipinski definition) is 9. The first kappa shape index (κ1) is 21.1. The fourth-order valence-electron chi connectivity index (χ4n) is 2.74. The predicted molar refractivity (Wildman–Crippen MR) is 112 cm³/mol. The van der Waals surface area contributed by atoms with Crippen LogP contribution in [0.3, 0.4) is 0 Å². The third-order valence-electron chi connectivity index (χ3n) is 4.27. The van der Waals surface area contributed by atoms with Gasteiger partial charge in [-0.15, -0.1) is 0 Å². The van der Waals surface area contributed by atoms with Crippen LogP contribution in [-0.2, 0) is 0 Å². The van der Waals surface area contributed by atoms with Crippen molar-refractivity contribution in [2.75, 3.05) is 10.7 Å². The molecule has 12 nitrogen and oxygen atoms in total. The minimum atomic E-state index is -0.674. The molecule has 0 aliphatic carbocycles. The molecule has 0 atom stereocenters. The van der Waals surface area contributed by atoms with E-state index >= 15 is 0 Å². The van der Waals surface area contributed by atoms with Crippen LogP contribution in [0.15, 0.2) is 48.8 Å². The smallest absolute Gasteiger partial charge is 0.334 e. The lowest BCUT2D eigenvalue weighted by Crippen LogP contribution is -2.30. The molecule has 0 aliphatic heterocycles. The molecule has 1 aromatic heterocycles. The van der Waals surface area contributed by atoms with E-state index in [0.29, 0.717) is 5.69 Å². The highest BCUT2D eigenvalue weighted by Crippen LogP contribution is 2.31. The molecule has 12 heteroatoms. The lowest BCUT2D eigenvalue weighted by Gasteiger charge is -2.12. The Morgan fingerprint density at radius 2 is 1.61 bits per heavy atom. The summed E-state index contributed by atoms with van der Waals surface area (Å²) in [5.41, 5.74) is 6.72. The molecule has 0 saturated heterocycles. The van der Waals surface area contributed by atoms with E-state index in [2.05, 4.69) is 26.1 Å². The second-order valence-corrected chi connectivity index (χ2v) is 6.50. The highest BCUT2D eigenvalue weighted by molar-refractivity contribution is 5.95. The van der Waals surface area contributed by atoms with Crippen LogP contribution >= 0.6 is 0 Å². The van der Waals surface area contributed by atoms with E-state index in [-0.39, 0.29) is 22.9 Å². The third-order valence-corrected chi connectivity index (χ3v) is 4.27. The SMILES string of the molecule is Cc1ccc(Nc2ncnc(NNC(=O)c3ccc([N+](=O)[O-])cc3)c2[N+](=O)[O-])c(C)c1. The first-order chi connectivity index (χ1) is 14.8. The zero-order valence-corrected chi connectivity index (χ0v) is 16.4. The zero-order chi connectivity index (χ0) is 22.5. The molecule has 1 amide bonds. The van der Waals surface area contributed by atoms with Crippen molar-refractivity contribution in [1.29, 1.82) is 0 Å². The highest BCUT2D eigenvalue weighted by atomic mass is 16.6. The monoisotopic (exact) mass is 423 g/mol. The van der Waals surface area contributed by atoms with Crippen molar-refractivity contribution in [1.82, 2.24) is 15.4 Å². The van der Waals surface area contributed by atoms with Crippen LogP contribution in [0.5, 0.6) is 0 Å². The standard InChI is InChI=1S/C19H17N7O5/c1-11-3-8-15(12(2)9-11)22-17-16(26(30)31)18(21-10-20-17)23-24-19(27)13-4-6-14(7-5-13)25(28)29/h3-10H,1-2H3,(H,24,27)(H2,20,21,22,23). The van der Waals surface area contributed by atoms with Crippen molar-refractivity contribution < 1.29 is 14.6 Å². The molecule has 0 unspecified atom stereocenters. The van der Waals surface area contributed by atoms with Crippen molar-refractivity contribution in [3.63, 3.8) is 0 Å². The minimum absolute atomic E-state index is 0.0564. The van der Waals surface area contributed by atoms with Gasteiger partial charge < -0.3 is 5.32 Å². The molecule has 0 saturated carbocycles. The summed E-state index contributed by atoms with van der Waals surface area (Å²) in [5.74, 6) is -0.951. The predicted octanol–water partition coefficient (Wildman–Crippen LogP) is 3.41. The number of carbonyl (C=O) groups is 1. The van der Waals surface area contributed by atoms with Gasteiger partial charge in [-0.3, -0.25) is 35.9 Å². The van der Waals surface area contributed by atoms with E-state index in [9.17, 15) is 25.0 Å². The number of nitro groups is 2. The highest BCUT2D eigenvalue weighted by Gasteiger charge is 2.24. The molecular weight excluding hydrogens is 406 g/mol. The second-order valence-electron chi connectivity index (χ2n) is 6.50. The lowest BCUT2D eigenvalue weighted by atomic mass is 10.1. The number of aryl methyl sites for hydroxylation is 2. The van der Waals surface area contributed by atoms with Gasteiger partial charge in [0.25, 0.3) is 11.6 Å². The quantitative estimate of drug-likeness (QED) is 0.381. The van der Waals surface area contributed by atoms with Crippen molar-refractivity contribution in [3.8, 4) is 0 Å².